The van der Waals surface area contributed by atoms with Crippen molar-refractivity contribution in [2.24, 2.45) is 0 Å². The lowest BCUT2D eigenvalue weighted by Crippen LogP contribution is -2.47. The summed E-state index contributed by atoms with van der Waals surface area (Å²) < 4.78 is 47.9. The number of ether oxygens (including phenoxy) is 1. The number of aliphatic hydroxyl groups is 1. The van der Waals surface area contributed by atoms with Crippen molar-refractivity contribution in [2.75, 3.05) is 19.0 Å². The maximum absolute atomic E-state index is 13.8. The van der Waals surface area contributed by atoms with Gasteiger partial charge in [-0.1, -0.05) is 53.9 Å². The molecule has 0 aliphatic rings. The Kier molecular flexibility index (Phi) is 9.59. The number of benzene rings is 2. The van der Waals surface area contributed by atoms with Crippen LogP contribution in [0.5, 0.6) is 0 Å². The van der Waals surface area contributed by atoms with E-state index in [2.05, 4.69) is 58.4 Å². The lowest BCUT2D eigenvalue weighted by Gasteiger charge is -2.32. The van der Waals surface area contributed by atoms with E-state index in [-0.39, 0.29) is 30.5 Å². The van der Waals surface area contributed by atoms with Gasteiger partial charge in [0, 0.05) is 32.8 Å². The normalized spacial score (nSPS) is 14.5. The third kappa shape index (κ3) is 7.18. The molecule has 1 amide bonds. The second kappa shape index (κ2) is 11.3. The molecule has 2 atom stereocenters. The van der Waals surface area contributed by atoms with Crippen molar-refractivity contribution in [3.05, 3.63) is 60.9 Å². The zero-order chi connectivity index (χ0) is 24.1. The van der Waals surface area contributed by atoms with Crippen molar-refractivity contribution in [3.63, 3.8) is 0 Å². The largest absolute Gasteiger partial charge is 0.423 e. The molecular formula is C21H22Br3F3N2O3. The summed E-state index contributed by atoms with van der Waals surface area (Å²) in [6, 6.07) is 8.88. The van der Waals surface area contributed by atoms with Crippen LogP contribution in [0.25, 0.3) is 0 Å². The second-order valence-corrected chi connectivity index (χ2v) is 9.89. The molecule has 0 unspecified atom stereocenters. The van der Waals surface area contributed by atoms with Gasteiger partial charge in [-0.15, -0.1) is 0 Å². The van der Waals surface area contributed by atoms with E-state index >= 15 is 0 Å². The fourth-order valence-corrected chi connectivity index (χ4v) is 4.61. The Morgan fingerprint density at radius 3 is 2.28 bits per heavy atom. The second-order valence-electron chi connectivity index (χ2n) is 7.20. The number of alkyl halides is 3. The van der Waals surface area contributed by atoms with Crippen molar-refractivity contribution in [1.82, 2.24) is 5.32 Å². The van der Waals surface area contributed by atoms with E-state index in [1.54, 1.807) is 31.2 Å². The first-order chi connectivity index (χ1) is 14.9. The first kappa shape index (κ1) is 27.1. The van der Waals surface area contributed by atoms with Gasteiger partial charge in [0.25, 0.3) is 0 Å². The first-order valence-corrected chi connectivity index (χ1v) is 11.8. The van der Waals surface area contributed by atoms with Crippen molar-refractivity contribution >= 4 is 59.4 Å². The maximum Gasteiger partial charge on any atom is 0.423 e. The monoisotopic (exact) mass is 644 g/mol. The molecule has 0 fully saturated rings. The predicted octanol–water partition coefficient (Wildman–Crippen LogP) is 5.88. The first-order valence-electron chi connectivity index (χ1n) is 9.43. The number of halogens is 6. The SMILES string of the molecule is CO[C@@H](C)CC(=O)NCc1ccc(NC[C@@](O)(c2cc(Br)cc(Br)c2)C(F)(F)F)cc1Br. The molecule has 2 aromatic rings. The third-order valence-corrected chi connectivity index (χ3v) is 6.42. The maximum atomic E-state index is 13.8. The molecule has 0 spiro atoms. The third-order valence-electron chi connectivity index (χ3n) is 4.76. The zero-order valence-electron chi connectivity index (χ0n) is 17.2. The number of methoxy groups -OCH3 is 1. The Balaban J connectivity index is 2.12. The molecule has 11 heteroatoms. The van der Waals surface area contributed by atoms with Gasteiger partial charge in [-0.05, 0) is 48.4 Å². The van der Waals surface area contributed by atoms with Crippen molar-refractivity contribution in [2.45, 2.75) is 37.8 Å². The van der Waals surface area contributed by atoms with Gasteiger partial charge in [0.2, 0.25) is 11.5 Å². The summed E-state index contributed by atoms with van der Waals surface area (Å²) in [7, 11) is 1.52. The molecule has 0 aromatic heterocycles. The average Bonchev–Trinajstić information content (AvgIpc) is 2.69. The fourth-order valence-electron chi connectivity index (χ4n) is 2.80. The highest BCUT2D eigenvalue weighted by Crippen LogP contribution is 2.41. The van der Waals surface area contributed by atoms with Crippen LogP contribution in [0.1, 0.15) is 24.5 Å². The minimum Gasteiger partial charge on any atom is -0.381 e. The topological polar surface area (TPSA) is 70.6 Å². The number of amides is 1. The molecule has 3 N–H and O–H groups in total. The predicted molar refractivity (Wildman–Crippen MR) is 127 cm³/mol. The van der Waals surface area contributed by atoms with Gasteiger partial charge < -0.3 is 20.5 Å². The molecule has 0 saturated heterocycles. The Labute approximate surface area is 209 Å². The highest BCUT2D eigenvalue weighted by Gasteiger charge is 2.55. The summed E-state index contributed by atoms with van der Waals surface area (Å²) in [4.78, 5) is 11.9. The van der Waals surface area contributed by atoms with Crippen LogP contribution in [0.4, 0.5) is 18.9 Å². The Morgan fingerprint density at radius 1 is 1.12 bits per heavy atom. The number of nitrogens with one attached hydrogen (secondary N) is 2. The van der Waals surface area contributed by atoms with Gasteiger partial charge in [-0.25, -0.2) is 0 Å². The van der Waals surface area contributed by atoms with Crippen LogP contribution < -0.4 is 10.6 Å². The van der Waals surface area contributed by atoms with E-state index in [1.165, 1.54) is 19.2 Å². The number of rotatable bonds is 9. The fraction of sp³-hybridized carbons (Fsp3) is 0.381. The summed E-state index contributed by atoms with van der Waals surface area (Å²) in [6.45, 7) is 1.23. The molecule has 0 bridgehead atoms. The molecule has 5 nitrogen and oxygen atoms in total. The summed E-state index contributed by atoms with van der Waals surface area (Å²) in [5.41, 5.74) is -2.30. The summed E-state index contributed by atoms with van der Waals surface area (Å²) in [6.07, 6.45) is -4.90. The quantitative estimate of drug-likeness (QED) is 0.319. The van der Waals surface area contributed by atoms with Crippen LogP contribution in [0, 0.1) is 0 Å². The average molecular weight is 647 g/mol. The van der Waals surface area contributed by atoms with Crippen LogP contribution in [-0.4, -0.2) is 36.9 Å². The standard InChI is InChI=1S/C21H22Br3F3N2O3/c1-12(32-2)5-19(30)28-10-13-3-4-17(9-18(13)24)29-11-20(31,21(25,26)27)14-6-15(22)8-16(23)7-14/h3-4,6-9,12,29,31H,5,10-11H2,1-2H3,(H,28,30)/t12-,20+/m0/s1. The number of hydrogen-bond donors (Lipinski definition) is 3. The van der Waals surface area contributed by atoms with Gasteiger partial charge in [0.1, 0.15) is 0 Å². The molecule has 0 aliphatic heterocycles. The number of carbonyl (C=O) groups excluding carboxylic acids is 1. The van der Waals surface area contributed by atoms with Gasteiger partial charge in [-0.2, -0.15) is 13.2 Å². The molecule has 2 aromatic carbocycles. The van der Waals surface area contributed by atoms with E-state index in [0.29, 0.717) is 19.1 Å². The summed E-state index contributed by atoms with van der Waals surface area (Å²) in [5.74, 6) is -0.177. The number of hydrogen-bond acceptors (Lipinski definition) is 4. The van der Waals surface area contributed by atoms with Crippen LogP contribution in [0.2, 0.25) is 0 Å². The van der Waals surface area contributed by atoms with Crippen LogP contribution in [0.15, 0.2) is 49.8 Å². The summed E-state index contributed by atoms with van der Waals surface area (Å²) >= 11 is 9.68. The van der Waals surface area contributed by atoms with Crippen molar-refractivity contribution in [1.29, 1.82) is 0 Å². The smallest absolute Gasteiger partial charge is 0.381 e. The van der Waals surface area contributed by atoms with Gasteiger partial charge >= 0.3 is 6.18 Å². The molecule has 0 heterocycles. The van der Waals surface area contributed by atoms with Crippen molar-refractivity contribution in [3.8, 4) is 0 Å². The van der Waals surface area contributed by atoms with Crippen molar-refractivity contribution < 1.29 is 27.8 Å². The molecular weight excluding hydrogens is 625 g/mol. The molecule has 176 valence electrons. The minimum absolute atomic E-state index is 0.177. The van der Waals surface area contributed by atoms with Crippen LogP contribution in [0.3, 0.4) is 0 Å². The van der Waals surface area contributed by atoms with E-state index < -0.39 is 18.3 Å². The van der Waals surface area contributed by atoms with E-state index in [9.17, 15) is 23.1 Å². The molecule has 32 heavy (non-hydrogen) atoms. The van der Waals surface area contributed by atoms with E-state index in [1.807, 2.05) is 0 Å². The number of anilines is 1. The minimum atomic E-state index is -4.92. The Bertz CT molecular complexity index is 939. The highest BCUT2D eigenvalue weighted by molar-refractivity contribution is 9.11. The Hall–Kier alpha value is -1.14. The van der Waals surface area contributed by atoms with Crippen LogP contribution in [-0.2, 0) is 21.7 Å². The molecule has 0 radical (unpaired) electrons. The van der Waals surface area contributed by atoms with Gasteiger partial charge in [0.05, 0.1) is 19.1 Å². The molecule has 0 saturated carbocycles. The van der Waals surface area contributed by atoms with E-state index in [4.69, 9.17) is 4.74 Å². The van der Waals surface area contributed by atoms with Crippen LogP contribution >= 0.6 is 47.8 Å². The molecule has 2 rings (SSSR count). The Morgan fingerprint density at radius 2 is 1.75 bits per heavy atom. The van der Waals surface area contributed by atoms with E-state index in [0.717, 1.165) is 5.56 Å². The number of carbonyl (C=O) groups is 1. The zero-order valence-corrected chi connectivity index (χ0v) is 22.0. The summed E-state index contributed by atoms with van der Waals surface area (Å²) in [5, 5.41) is 16.0. The lowest BCUT2D eigenvalue weighted by atomic mass is 9.93. The molecule has 0 aliphatic carbocycles. The lowest BCUT2D eigenvalue weighted by molar-refractivity contribution is -0.260. The van der Waals surface area contributed by atoms with Gasteiger partial charge in [0.15, 0.2) is 0 Å². The highest BCUT2D eigenvalue weighted by atomic mass is 79.9. The van der Waals surface area contributed by atoms with Gasteiger partial charge in [-0.3, -0.25) is 4.79 Å².